The highest BCUT2D eigenvalue weighted by atomic mass is 16.5. The maximum atomic E-state index is 12.2. The molecular formula is C18H23N3O4. The van der Waals surface area contributed by atoms with Crippen molar-refractivity contribution in [3.05, 3.63) is 61.9 Å². The Bertz CT molecular complexity index is 837. The highest BCUT2D eigenvalue weighted by Gasteiger charge is 2.12. The molecule has 0 radical (unpaired) electrons. The zero-order chi connectivity index (χ0) is 18.4. The van der Waals surface area contributed by atoms with Gasteiger partial charge in [-0.2, -0.15) is 0 Å². The Labute approximate surface area is 145 Å². The largest absolute Gasteiger partial charge is 0.492 e. The van der Waals surface area contributed by atoms with Crippen LogP contribution in [0.5, 0.6) is 5.75 Å². The second kappa shape index (κ2) is 8.32. The van der Waals surface area contributed by atoms with Crippen molar-refractivity contribution in [3.63, 3.8) is 0 Å². The molecule has 0 aliphatic heterocycles. The Hall–Kier alpha value is -2.83. The van der Waals surface area contributed by atoms with Gasteiger partial charge >= 0.3 is 5.69 Å². The minimum absolute atomic E-state index is 0.0856. The predicted octanol–water partition coefficient (Wildman–Crippen LogP) is 1.15. The molecule has 0 spiro atoms. The molecule has 0 atom stereocenters. The third-order valence-corrected chi connectivity index (χ3v) is 3.99. The van der Waals surface area contributed by atoms with E-state index >= 15 is 0 Å². The van der Waals surface area contributed by atoms with Crippen molar-refractivity contribution < 1.29 is 9.53 Å². The molecule has 7 nitrogen and oxygen atoms in total. The van der Waals surface area contributed by atoms with Crippen molar-refractivity contribution in [2.45, 2.75) is 26.7 Å². The molecule has 0 saturated carbocycles. The van der Waals surface area contributed by atoms with Crippen LogP contribution in [0.15, 0.2) is 33.9 Å². The molecule has 0 unspecified atom stereocenters. The Balaban J connectivity index is 1.81. The third kappa shape index (κ3) is 5.34. The fourth-order valence-corrected chi connectivity index (χ4v) is 2.41. The molecule has 2 aromatic rings. The molecule has 7 heteroatoms. The van der Waals surface area contributed by atoms with Crippen LogP contribution in [-0.2, 0) is 11.2 Å². The number of benzene rings is 1. The Kier molecular flexibility index (Phi) is 6.16. The minimum atomic E-state index is -0.539. The normalized spacial score (nSPS) is 10.5. The lowest BCUT2D eigenvalue weighted by Crippen LogP contribution is -2.32. The number of hydrogen-bond acceptors (Lipinski definition) is 4. The number of hydrogen-bond donors (Lipinski definition) is 2. The Morgan fingerprint density at radius 1 is 1.12 bits per heavy atom. The van der Waals surface area contributed by atoms with E-state index in [1.54, 1.807) is 18.9 Å². The highest BCUT2D eigenvalue weighted by Crippen LogP contribution is 2.11. The fraction of sp³-hybridized carbons (Fsp3) is 0.389. The van der Waals surface area contributed by atoms with Gasteiger partial charge in [-0.1, -0.05) is 17.7 Å². The first-order valence-corrected chi connectivity index (χ1v) is 8.12. The quantitative estimate of drug-likeness (QED) is 0.787. The van der Waals surface area contributed by atoms with Crippen LogP contribution in [-0.4, -0.2) is 41.0 Å². The van der Waals surface area contributed by atoms with Crippen molar-refractivity contribution in [2.24, 2.45) is 0 Å². The molecule has 0 fully saturated rings. The first kappa shape index (κ1) is 18.5. The van der Waals surface area contributed by atoms with Gasteiger partial charge in [-0.3, -0.25) is 14.6 Å². The number of rotatable bonds is 7. The van der Waals surface area contributed by atoms with Crippen LogP contribution in [0, 0.1) is 13.8 Å². The summed E-state index contributed by atoms with van der Waals surface area (Å²) in [6, 6.07) is 7.72. The van der Waals surface area contributed by atoms with Gasteiger partial charge in [-0.25, -0.2) is 4.79 Å². The summed E-state index contributed by atoms with van der Waals surface area (Å²) in [5.74, 6) is 0.680. The van der Waals surface area contributed by atoms with Crippen molar-refractivity contribution in [1.29, 1.82) is 0 Å². The second-order valence-electron chi connectivity index (χ2n) is 5.99. The van der Waals surface area contributed by atoms with E-state index in [1.807, 2.05) is 31.2 Å². The zero-order valence-corrected chi connectivity index (χ0v) is 14.7. The summed E-state index contributed by atoms with van der Waals surface area (Å²) in [7, 11) is 1.70. The van der Waals surface area contributed by atoms with E-state index in [4.69, 9.17) is 4.74 Å². The van der Waals surface area contributed by atoms with Gasteiger partial charge in [-0.05, 0) is 32.4 Å². The van der Waals surface area contributed by atoms with Gasteiger partial charge in [0.2, 0.25) is 5.91 Å². The molecule has 0 aliphatic carbocycles. The maximum Gasteiger partial charge on any atom is 0.325 e. The molecule has 2 N–H and O–H groups in total. The topological polar surface area (TPSA) is 95.3 Å². The van der Waals surface area contributed by atoms with E-state index in [2.05, 4.69) is 9.97 Å². The summed E-state index contributed by atoms with van der Waals surface area (Å²) < 4.78 is 5.61. The molecule has 1 amide bonds. The first-order valence-electron chi connectivity index (χ1n) is 8.12. The Morgan fingerprint density at radius 3 is 2.44 bits per heavy atom. The zero-order valence-electron chi connectivity index (χ0n) is 14.7. The smallest absolute Gasteiger partial charge is 0.325 e. The first-order chi connectivity index (χ1) is 11.9. The molecule has 134 valence electrons. The molecule has 2 rings (SSSR count). The molecule has 1 aromatic heterocycles. The lowest BCUT2D eigenvalue weighted by molar-refractivity contribution is -0.130. The molecule has 0 bridgehead atoms. The lowest BCUT2D eigenvalue weighted by atomic mass is 10.1. The fourth-order valence-electron chi connectivity index (χ4n) is 2.41. The van der Waals surface area contributed by atoms with Gasteiger partial charge in [0, 0.05) is 24.7 Å². The third-order valence-electron chi connectivity index (χ3n) is 3.99. The molecule has 25 heavy (non-hydrogen) atoms. The summed E-state index contributed by atoms with van der Waals surface area (Å²) in [5, 5.41) is 0. The monoisotopic (exact) mass is 345 g/mol. The summed E-state index contributed by atoms with van der Waals surface area (Å²) >= 11 is 0. The van der Waals surface area contributed by atoms with Gasteiger partial charge in [0.05, 0.1) is 6.54 Å². The van der Waals surface area contributed by atoms with E-state index in [0.29, 0.717) is 24.4 Å². The molecular weight excluding hydrogens is 322 g/mol. The number of carbonyl (C=O) groups is 1. The Morgan fingerprint density at radius 2 is 1.80 bits per heavy atom. The number of amides is 1. The van der Waals surface area contributed by atoms with Crippen LogP contribution < -0.4 is 16.0 Å². The summed E-state index contributed by atoms with van der Waals surface area (Å²) in [4.78, 5) is 41.4. The average molecular weight is 345 g/mol. The van der Waals surface area contributed by atoms with Crippen LogP contribution in [0.4, 0.5) is 0 Å². The van der Waals surface area contributed by atoms with Crippen LogP contribution in [0.2, 0.25) is 0 Å². The van der Waals surface area contributed by atoms with Gasteiger partial charge < -0.3 is 14.6 Å². The van der Waals surface area contributed by atoms with E-state index in [0.717, 1.165) is 11.3 Å². The van der Waals surface area contributed by atoms with Crippen LogP contribution in [0.1, 0.15) is 23.2 Å². The molecule has 1 heterocycles. The maximum absolute atomic E-state index is 12.2. The average Bonchev–Trinajstić information content (AvgIpc) is 2.55. The summed E-state index contributed by atoms with van der Waals surface area (Å²) in [6.07, 6.45) is 0.469. The van der Waals surface area contributed by atoms with Gasteiger partial charge in [0.15, 0.2) is 0 Å². The predicted molar refractivity (Wildman–Crippen MR) is 95.1 cm³/mol. The minimum Gasteiger partial charge on any atom is -0.492 e. The molecule has 1 aromatic carbocycles. The van der Waals surface area contributed by atoms with Crippen LogP contribution >= 0.6 is 0 Å². The summed E-state index contributed by atoms with van der Waals surface area (Å²) in [5.41, 5.74) is 1.10. The number of likely N-dealkylation sites (N-methyl/N-ethyl adjacent to an activating group) is 1. The lowest BCUT2D eigenvalue weighted by Gasteiger charge is -2.17. The van der Waals surface area contributed by atoms with Crippen LogP contribution in [0.3, 0.4) is 0 Å². The SMILES string of the molecule is Cc1ccc(OCCN(C)C(=O)CCc2c(C)[nH]c(=O)[nH]c2=O)cc1. The van der Waals surface area contributed by atoms with E-state index in [1.165, 1.54) is 0 Å². The van der Waals surface area contributed by atoms with E-state index in [-0.39, 0.29) is 18.7 Å². The second-order valence-corrected chi connectivity index (χ2v) is 5.99. The van der Waals surface area contributed by atoms with Crippen LogP contribution in [0.25, 0.3) is 0 Å². The van der Waals surface area contributed by atoms with E-state index < -0.39 is 11.2 Å². The van der Waals surface area contributed by atoms with Gasteiger partial charge in [-0.15, -0.1) is 0 Å². The molecule has 0 aliphatic rings. The number of aromatic amines is 2. The number of aryl methyl sites for hydroxylation is 2. The number of aromatic nitrogens is 2. The van der Waals surface area contributed by atoms with E-state index in [9.17, 15) is 14.4 Å². The standard InChI is InChI=1S/C18H23N3O4/c1-12-4-6-14(7-5-12)25-11-10-21(3)16(22)9-8-15-13(2)19-18(24)20-17(15)23/h4-7H,8-11H2,1-3H3,(H2,19,20,23,24). The van der Waals surface area contributed by atoms with Crippen molar-refractivity contribution in [2.75, 3.05) is 20.2 Å². The number of H-pyrrole nitrogens is 2. The van der Waals surface area contributed by atoms with Crippen molar-refractivity contribution in [3.8, 4) is 5.75 Å². The van der Waals surface area contributed by atoms with Crippen molar-refractivity contribution in [1.82, 2.24) is 14.9 Å². The number of carbonyl (C=O) groups excluding carboxylic acids is 1. The molecule has 0 saturated heterocycles. The highest BCUT2D eigenvalue weighted by molar-refractivity contribution is 5.76. The number of ether oxygens (including phenoxy) is 1. The number of nitrogens with one attached hydrogen (secondary N) is 2. The number of nitrogens with zero attached hydrogens (tertiary/aromatic N) is 1. The summed E-state index contributed by atoms with van der Waals surface area (Å²) in [6.45, 7) is 4.50. The van der Waals surface area contributed by atoms with Gasteiger partial charge in [0.25, 0.3) is 5.56 Å². The van der Waals surface area contributed by atoms with Crippen molar-refractivity contribution >= 4 is 5.91 Å². The van der Waals surface area contributed by atoms with Gasteiger partial charge in [0.1, 0.15) is 12.4 Å².